The van der Waals surface area contributed by atoms with Gasteiger partial charge in [0.15, 0.2) is 0 Å². The van der Waals surface area contributed by atoms with Crippen LogP contribution < -0.4 is 10.6 Å². The highest BCUT2D eigenvalue weighted by molar-refractivity contribution is 7.08. The van der Waals surface area contributed by atoms with Crippen molar-refractivity contribution >= 4 is 28.6 Å². The van der Waals surface area contributed by atoms with E-state index in [-0.39, 0.29) is 5.91 Å². The molecule has 2 rings (SSSR count). The topological polar surface area (TPSA) is 46.3 Å². The van der Waals surface area contributed by atoms with Crippen LogP contribution in [0.4, 0.5) is 11.4 Å². The molecule has 0 atom stereocenters. The SMILES string of the molecule is CCN(C(=O)c1ccsc1)c1cccc(N)c1. The molecule has 2 aromatic rings. The Balaban J connectivity index is 2.31. The van der Waals surface area contributed by atoms with Crippen LogP contribution in [0.1, 0.15) is 17.3 Å². The number of nitrogens with two attached hydrogens (primary N) is 1. The highest BCUT2D eigenvalue weighted by Gasteiger charge is 2.16. The van der Waals surface area contributed by atoms with Gasteiger partial charge >= 0.3 is 0 Å². The molecule has 1 heterocycles. The average Bonchev–Trinajstić information content (AvgIpc) is 2.83. The molecule has 0 aliphatic rings. The molecule has 0 bridgehead atoms. The zero-order valence-electron chi connectivity index (χ0n) is 9.59. The maximum atomic E-state index is 12.2. The van der Waals surface area contributed by atoms with Crippen molar-refractivity contribution in [1.82, 2.24) is 0 Å². The molecule has 3 nitrogen and oxygen atoms in total. The molecule has 4 heteroatoms. The fourth-order valence-corrected chi connectivity index (χ4v) is 2.31. The van der Waals surface area contributed by atoms with Crippen LogP contribution >= 0.6 is 11.3 Å². The van der Waals surface area contributed by atoms with Crippen molar-refractivity contribution in [2.24, 2.45) is 0 Å². The van der Waals surface area contributed by atoms with Gasteiger partial charge in [-0.3, -0.25) is 4.79 Å². The van der Waals surface area contributed by atoms with Crippen molar-refractivity contribution in [1.29, 1.82) is 0 Å². The molecule has 0 spiro atoms. The second kappa shape index (κ2) is 5.01. The van der Waals surface area contributed by atoms with Crippen LogP contribution in [0.2, 0.25) is 0 Å². The highest BCUT2D eigenvalue weighted by atomic mass is 32.1. The minimum absolute atomic E-state index is 0.0133. The van der Waals surface area contributed by atoms with E-state index in [1.54, 1.807) is 4.90 Å². The van der Waals surface area contributed by atoms with Gasteiger partial charge in [-0.05, 0) is 36.6 Å². The third-order valence-corrected chi connectivity index (χ3v) is 3.19. The number of hydrogen-bond donors (Lipinski definition) is 1. The third kappa shape index (κ3) is 2.47. The molecular weight excluding hydrogens is 232 g/mol. The zero-order chi connectivity index (χ0) is 12.3. The summed E-state index contributed by atoms with van der Waals surface area (Å²) in [6, 6.07) is 9.21. The first-order chi connectivity index (χ1) is 8.22. The third-order valence-electron chi connectivity index (χ3n) is 2.51. The lowest BCUT2D eigenvalue weighted by Gasteiger charge is -2.20. The number of rotatable bonds is 3. The van der Waals surface area contributed by atoms with Crippen LogP contribution in [0.5, 0.6) is 0 Å². The van der Waals surface area contributed by atoms with Gasteiger partial charge in [-0.15, -0.1) is 0 Å². The molecule has 0 aliphatic carbocycles. The van der Waals surface area contributed by atoms with E-state index in [2.05, 4.69) is 0 Å². The number of nitrogen functional groups attached to an aromatic ring is 1. The largest absolute Gasteiger partial charge is 0.399 e. The number of carbonyl (C=O) groups is 1. The number of benzene rings is 1. The van der Waals surface area contributed by atoms with Gasteiger partial charge in [0.05, 0.1) is 5.56 Å². The summed E-state index contributed by atoms with van der Waals surface area (Å²) in [5.41, 5.74) is 7.96. The Kier molecular flexibility index (Phi) is 3.44. The minimum atomic E-state index is 0.0133. The number of hydrogen-bond acceptors (Lipinski definition) is 3. The Morgan fingerprint density at radius 1 is 1.41 bits per heavy atom. The molecule has 0 saturated heterocycles. The van der Waals surface area contributed by atoms with Gasteiger partial charge in [0.1, 0.15) is 0 Å². The number of carbonyl (C=O) groups excluding carboxylic acids is 1. The first kappa shape index (κ1) is 11.7. The Morgan fingerprint density at radius 2 is 2.24 bits per heavy atom. The lowest BCUT2D eigenvalue weighted by atomic mass is 10.2. The summed E-state index contributed by atoms with van der Waals surface area (Å²) in [7, 11) is 0. The number of anilines is 2. The van der Waals surface area contributed by atoms with Crippen LogP contribution in [-0.4, -0.2) is 12.5 Å². The monoisotopic (exact) mass is 246 g/mol. The second-order valence-corrected chi connectivity index (χ2v) is 4.44. The summed E-state index contributed by atoms with van der Waals surface area (Å²) in [5.74, 6) is 0.0133. The van der Waals surface area contributed by atoms with Crippen LogP contribution in [0.25, 0.3) is 0 Å². The van der Waals surface area contributed by atoms with Crippen molar-refractivity contribution in [2.75, 3.05) is 17.2 Å². The Morgan fingerprint density at radius 3 is 2.82 bits per heavy atom. The van der Waals surface area contributed by atoms with E-state index in [0.717, 1.165) is 11.3 Å². The van der Waals surface area contributed by atoms with E-state index in [0.29, 0.717) is 12.2 Å². The first-order valence-corrected chi connectivity index (χ1v) is 6.36. The van der Waals surface area contributed by atoms with Crippen LogP contribution in [-0.2, 0) is 0 Å². The molecule has 0 aliphatic heterocycles. The number of thiophene rings is 1. The fraction of sp³-hybridized carbons (Fsp3) is 0.154. The molecule has 1 aromatic heterocycles. The summed E-state index contributed by atoms with van der Waals surface area (Å²) in [5, 5.41) is 3.76. The molecule has 2 N–H and O–H groups in total. The predicted molar refractivity (Wildman–Crippen MR) is 72.5 cm³/mol. The summed E-state index contributed by atoms with van der Waals surface area (Å²) in [6.45, 7) is 2.57. The van der Waals surface area contributed by atoms with Crippen molar-refractivity contribution in [3.05, 3.63) is 46.7 Å². The predicted octanol–water partition coefficient (Wildman–Crippen LogP) is 3.00. The van der Waals surface area contributed by atoms with Gasteiger partial charge in [-0.25, -0.2) is 0 Å². The van der Waals surface area contributed by atoms with E-state index >= 15 is 0 Å². The van der Waals surface area contributed by atoms with Gasteiger partial charge < -0.3 is 10.6 Å². The first-order valence-electron chi connectivity index (χ1n) is 5.42. The van der Waals surface area contributed by atoms with E-state index in [4.69, 9.17) is 5.73 Å². The summed E-state index contributed by atoms with van der Waals surface area (Å²) in [4.78, 5) is 14.0. The fourth-order valence-electron chi connectivity index (χ4n) is 1.68. The zero-order valence-corrected chi connectivity index (χ0v) is 10.4. The molecule has 1 aromatic carbocycles. The van der Waals surface area contributed by atoms with Crippen molar-refractivity contribution in [3.63, 3.8) is 0 Å². The van der Waals surface area contributed by atoms with Crippen molar-refractivity contribution in [2.45, 2.75) is 6.92 Å². The molecule has 17 heavy (non-hydrogen) atoms. The van der Waals surface area contributed by atoms with E-state index < -0.39 is 0 Å². The quantitative estimate of drug-likeness (QED) is 0.846. The number of nitrogens with zero attached hydrogens (tertiary/aromatic N) is 1. The minimum Gasteiger partial charge on any atom is -0.399 e. The van der Waals surface area contributed by atoms with E-state index in [1.165, 1.54) is 11.3 Å². The van der Waals surface area contributed by atoms with Gasteiger partial charge in [-0.2, -0.15) is 11.3 Å². The molecule has 88 valence electrons. The maximum absolute atomic E-state index is 12.2. The maximum Gasteiger partial charge on any atom is 0.259 e. The Labute approximate surface area is 104 Å². The second-order valence-electron chi connectivity index (χ2n) is 3.66. The molecule has 0 saturated carbocycles. The normalized spacial score (nSPS) is 10.2. The summed E-state index contributed by atoms with van der Waals surface area (Å²) >= 11 is 1.52. The van der Waals surface area contributed by atoms with E-state index in [1.807, 2.05) is 48.0 Å². The summed E-state index contributed by atoms with van der Waals surface area (Å²) in [6.07, 6.45) is 0. The Hall–Kier alpha value is -1.81. The van der Waals surface area contributed by atoms with Crippen LogP contribution in [0.15, 0.2) is 41.1 Å². The highest BCUT2D eigenvalue weighted by Crippen LogP contribution is 2.20. The lowest BCUT2D eigenvalue weighted by molar-refractivity contribution is 0.0989. The molecule has 0 unspecified atom stereocenters. The lowest BCUT2D eigenvalue weighted by Crippen LogP contribution is -2.30. The van der Waals surface area contributed by atoms with Gasteiger partial charge in [0, 0.05) is 23.3 Å². The van der Waals surface area contributed by atoms with Gasteiger partial charge in [0.25, 0.3) is 5.91 Å². The molecule has 0 radical (unpaired) electrons. The van der Waals surface area contributed by atoms with Crippen molar-refractivity contribution < 1.29 is 4.79 Å². The molecule has 1 amide bonds. The molecule has 0 fully saturated rings. The van der Waals surface area contributed by atoms with Gasteiger partial charge in [0.2, 0.25) is 0 Å². The Bertz CT molecular complexity index is 508. The average molecular weight is 246 g/mol. The molecular formula is C13H14N2OS. The smallest absolute Gasteiger partial charge is 0.259 e. The summed E-state index contributed by atoms with van der Waals surface area (Å²) < 4.78 is 0. The van der Waals surface area contributed by atoms with E-state index in [9.17, 15) is 4.79 Å². The van der Waals surface area contributed by atoms with Crippen LogP contribution in [0, 0.1) is 0 Å². The van der Waals surface area contributed by atoms with Crippen LogP contribution in [0.3, 0.4) is 0 Å². The van der Waals surface area contributed by atoms with Crippen molar-refractivity contribution in [3.8, 4) is 0 Å². The number of amides is 1. The van der Waals surface area contributed by atoms with Gasteiger partial charge in [-0.1, -0.05) is 6.07 Å². The standard InChI is InChI=1S/C13H14N2OS/c1-2-15(12-5-3-4-11(14)8-12)13(16)10-6-7-17-9-10/h3-9H,2,14H2,1H3.